The van der Waals surface area contributed by atoms with E-state index >= 15 is 0 Å². The molecule has 0 radical (unpaired) electrons. The van der Waals surface area contributed by atoms with Crippen molar-refractivity contribution in [3.8, 4) is 11.1 Å². The monoisotopic (exact) mass is 366 g/mol. The molecule has 0 atom stereocenters. The van der Waals surface area contributed by atoms with Crippen molar-refractivity contribution >= 4 is 17.0 Å². The van der Waals surface area contributed by atoms with Gasteiger partial charge in [0.25, 0.3) is 5.56 Å². The van der Waals surface area contributed by atoms with Crippen LogP contribution in [-0.2, 0) is 6.42 Å². The summed E-state index contributed by atoms with van der Waals surface area (Å²) in [5.74, 6) is 0.224. The smallest absolute Gasteiger partial charge is 0.260 e. The van der Waals surface area contributed by atoms with Gasteiger partial charge in [-0.2, -0.15) is 4.98 Å². The molecule has 142 valence electrons. The molecule has 6 heteroatoms. The SMILES string of the molecule is CCc1cccc(-c2cc3c(C)nc(N)nc3n(C3CCCC3)c2=O)c1.O. The lowest BCUT2D eigenvalue weighted by molar-refractivity contribution is 0.516. The number of hydrogen-bond acceptors (Lipinski definition) is 4. The summed E-state index contributed by atoms with van der Waals surface area (Å²) in [6.45, 7) is 4.05. The molecule has 4 N–H and O–H groups in total. The van der Waals surface area contributed by atoms with Gasteiger partial charge in [0, 0.05) is 17.0 Å². The first-order valence-electron chi connectivity index (χ1n) is 9.37. The third-order valence-electron chi connectivity index (χ3n) is 5.44. The summed E-state index contributed by atoms with van der Waals surface area (Å²) >= 11 is 0. The van der Waals surface area contributed by atoms with Crippen LogP contribution in [0.3, 0.4) is 0 Å². The Kier molecular flexibility index (Phi) is 5.28. The van der Waals surface area contributed by atoms with Gasteiger partial charge in [-0.15, -0.1) is 0 Å². The van der Waals surface area contributed by atoms with Gasteiger partial charge in [0.15, 0.2) is 0 Å². The highest BCUT2D eigenvalue weighted by Crippen LogP contribution is 2.32. The number of aromatic nitrogens is 3. The van der Waals surface area contributed by atoms with Crippen LogP contribution in [0.2, 0.25) is 0 Å². The second-order valence-corrected chi connectivity index (χ2v) is 7.13. The van der Waals surface area contributed by atoms with Crippen LogP contribution in [0.1, 0.15) is 49.9 Å². The number of fused-ring (bicyclic) bond motifs is 1. The van der Waals surface area contributed by atoms with Crippen molar-refractivity contribution in [1.29, 1.82) is 0 Å². The number of anilines is 1. The lowest BCUT2D eigenvalue weighted by atomic mass is 10.0. The molecule has 2 heterocycles. The number of aryl methyl sites for hydroxylation is 2. The van der Waals surface area contributed by atoms with Crippen molar-refractivity contribution in [3.63, 3.8) is 0 Å². The Morgan fingerprint density at radius 1 is 1.19 bits per heavy atom. The quantitative estimate of drug-likeness (QED) is 0.768. The van der Waals surface area contributed by atoms with Crippen LogP contribution in [0.15, 0.2) is 35.1 Å². The predicted molar refractivity (Wildman–Crippen MR) is 109 cm³/mol. The Morgan fingerprint density at radius 3 is 2.63 bits per heavy atom. The molecular weight excluding hydrogens is 340 g/mol. The van der Waals surface area contributed by atoms with Crippen molar-refractivity contribution in [3.05, 3.63) is 51.9 Å². The van der Waals surface area contributed by atoms with Crippen LogP contribution in [0.5, 0.6) is 0 Å². The average Bonchev–Trinajstić information content (AvgIpc) is 3.15. The third kappa shape index (κ3) is 3.32. The summed E-state index contributed by atoms with van der Waals surface area (Å²) < 4.78 is 1.88. The lowest BCUT2D eigenvalue weighted by Crippen LogP contribution is -2.26. The predicted octanol–water partition coefficient (Wildman–Crippen LogP) is 3.20. The maximum absolute atomic E-state index is 13.5. The lowest BCUT2D eigenvalue weighted by Gasteiger charge is -2.19. The van der Waals surface area contributed by atoms with E-state index in [1.54, 1.807) is 0 Å². The van der Waals surface area contributed by atoms with Crippen LogP contribution >= 0.6 is 0 Å². The van der Waals surface area contributed by atoms with Crippen molar-refractivity contribution in [2.75, 3.05) is 5.73 Å². The fraction of sp³-hybridized carbons (Fsp3) is 0.381. The Bertz CT molecular complexity index is 1040. The maximum Gasteiger partial charge on any atom is 0.260 e. The molecule has 0 amide bonds. The van der Waals surface area contributed by atoms with Gasteiger partial charge < -0.3 is 11.2 Å². The molecular formula is C21H26N4O2. The largest absolute Gasteiger partial charge is 0.412 e. The number of pyridine rings is 1. The molecule has 0 saturated heterocycles. The van der Waals surface area contributed by atoms with Crippen molar-refractivity contribution in [2.24, 2.45) is 0 Å². The van der Waals surface area contributed by atoms with E-state index in [2.05, 4.69) is 29.0 Å². The Morgan fingerprint density at radius 2 is 1.93 bits per heavy atom. The normalized spacial score (nSPS) is 14.4. The molecule has 0 bridgehead atoms. The minimum Gasteiger partial charge on any atom is -0.412 e. The van der Waals surface area contributed by atoms with Gasteiger partial charge in [-0.25, -0.2) is 4.98 Å². The molecule has 1 saturated carbocycles. The first-order valence-corrected chi connectivity index (χ1v) is 9.37. The van der Waals surface area contributed by atoms with E-state index in [0.29, 0.717) is 5.65 Å². The van der Waals surface area contributed by atoms with Crippen LogP contribution in [0, 0.1) is 6.92 Å². The van der Waals surface area contributed by atoms with Gasteiger partial charge in [-0.05, 0) is 43.4 Å². The summed E-state index contributed by atoms with van der Waals surface area (Å²) in [5.41, 5.74) is 10.3. The zero-order valence-corrected chi connectivity index (χ0v) is 15.8. The Balaban J connectivity index is 0.00000210. The Hall–Kier alpha value is -2.73. The molecule has 0 spiro atoms. The van der Waals surface area contributed by atoms with Crippen molar-refractivity contribution in [1.82, 2.24) is 14.5 Å². The number of benzene rings is 1. The topological polar surface area (TPSA) is 105 Å². The van der Waals surface area contributed by atoms with E-state index in [9.17, 15) is 4.79 Å². The molecule has 3 aromatic rings. The summed E-state index contributed by atoms with van der Waals surface area (Å²) in [5, 5.41) is 0.905. The second kappa shape index (κ2) is 7.48. The summed E-state index contributed by atoms with van der Waals surface area (Å²) in [7, 11) is 0. The first-order chi connectivity index (χ1) is 12.6. The molecule has 27 heavy (non-hydrogen) atoms. The van der Waals surface area contributed by atoms with Gasteiger partial charge in [-0.1, -0.05) is 44.0 Å². The molecule has 6 nitrogen and oxygen atoms in total. The van der Waals surface area contributed by atoms with Crippen LogP contribution in [0.4, 0.5) is 5.95 Å². The third-order valence-corrected chi connectivity index (χ3v) is 5.44. The van der Waals surface area contributed by atoms with E-state index in [1.165, 1.54) is 5.56 Å². The molecule has 0 unspecified atom stereocenters. The number of nitrogen functional groups attached to an aromatic ring is 1. The van der Waals surface area contributed by atoms with Crippen molar-refractivity contribution < 1.29 is 5.48 Å². The zero-order chi connectivity index (χ0) is 18.3. The van der Waals surface area contributed by atoms with Crippen LogP contribution in [0.25, 0.3) is 22.2 Å². The number of hydrogen-bond donors (Lipinski definition) is 1. The summed E-state index contributed by atoms with van der Waals surface area (Å²) in [6, 6.07) is 10.3. The molecule has 0 aliphatic heterocycles. The van der Waals surface area contributed by atoms with E-state index < -0.39 is 0 Å². The minimum atomic E-state index is 0. The maximum atomic E-state index is 13.5. The fourth-order valence-electron chi connectivity index (χ4n) is 4.04. The zero-order valence-electron chi connectivity index (χ0n) is 15.8. The van der Waals surface area contributed by atoms with Crippen LogP contribution in [-0.4, -0.2) is 20.0 Å². The fourth-order valence-corrected chi connectivity index (χ4v) is 4.04. The summed E-state index contributed by atoms with van der Waals surface area (Å²) in [4.78, 5) is 22.2. The van der Waals surface area contributed by atoms with E-state index in [-0.39, 0.29) is 23.0 Å². The highest BCUT2D eigenvalue weighted by molar-refractivity contribution is 5.84. The van der Waals surface area contributed by atoms with E-state index in [0.717, 1.165) is 54.3 Å². The van der Waals surface area contributed by atoms with E-state index in [4.69, 9.17) is 5.73 Å². The number of nitrogens with zero attached hydrogens (tertiary/aromatic N) is 3. The minimum absolute atomic E-state index is 0. The Labute approximate surface area is 158 Å². The van der Waals surface area contributed by atoms with Gasteiger partial charge in [0.2, 0.25) is 5.95 Å². The molecule has 2 aromatic heterocycles. The molecule has 1 fully saturated rings. The average molecular weight is 366 g/mol. The van der Waals surface area contributed by atoms with Gasteiger partial charge in [0.1, 0.15) is 5.65 Å². The second-order valence-electron chi connectivity index (χ2n) is 7.13. The molecule has 1 aliphatic carbocycles. The van der Waals surface area contributed by atoms with Crippen LogP contribution < -0.4 is 11.3 Å². The van der Waals surface area contributed by atoms with Gasteiger partial charge >= 0.3 is 0 Å². The molecule has 1 aromatic carbocycles. The summed E-state index contributed by atoms with van der Waals surface area (Å²) in [6.07, 6.45) is 5.26. The number of rotatable bonds is 3. The molecule has 1 aliphatic rings. The highest BCUT2D eigenvalue weighted by Gasteiger charge is 2.23. The molecule has 4 rings (SSSR count). The van der Waals surface area contributed by atoms with E-state index in [1.807, 2.05) is 29.7 Å². The van der Waals surface area contributed by atoms with Gasteiger partial charge in [-0.3, -0.25) is 9.36 Å². The first kappa shape index (κ1) is 19.0. The standard InChI is InChI=1S/C21H24N4O.H2O/c1-3-14-7-6-8-15(11-14)18-12-17-13(2)23-21(22)24-19(17)25(20(18)26)16-9-4-5-10-16;/h6-8,11-12,16H,3-5,9-10H2,1-2H3,(H2,22,23,24);1H2. The van der Waals surface area contributed by atoms with Gasteiger partial charge in [0.05, 0.1) is 5.69 Å². The van der Waals surface area contributed by atoms with Crippen molar-refractivity contribution in [2.45, 2.75) is 52.0 Å². The number of nitrogens with two attached hydrogens (primary N) is 1. The highest BCUT2D eigenvalue weighted by atomic mass is 16.1.